The van der Waals surface area contributed by atoms with Gasteiger partial charge >= 0.3 is 6.03 Å². The van der Waals surface area contributed by atoms with Crippen molar-refractivity contribution in [3.8, 4) is 11.8 Å². The molecule has 31 heavy (non-hydrogen) atoms. The van der Waals surface area contributed by atoms with Crippen LogP contribution in [0.15, 0.2) is 54.6 Å². The third-order valence-corrected chi connectivity index (χ3v) is 5.12. The molecule has 8 heteroatoms. The van der Waals surface area contributed by atoms with Crippen molar-refractivity contribution in [2.75, 3.05) is 31.1 Å². The molecule has 3 rings (SSSR count). The minimum atomic E-state index is -1.000. The molecule has 5 N–H and O–H groups in total. The molecule has 3 amide bonds. The first-order valence-electron chi connectivity index (χ1n) is 10.1. The van der Waals surface area contributed by atoms with Crippen molar-refractivity contribution in [3.63, 3.8) is 0 Å². The quantitative estimate of drug-likeness (QED) is 0.336. The van der Waals surface area contributed by atoms with E-state index in [9.17, 15) is 9.59 Å². The highest BCUT2D eigenvalue weighted by Gasteiger charge is 2.28. The molecule has 1 heterocycles. The number of anilines is 1. The van der Waals surface area contributed by atoms with Crippen LogP contribution in [-0.4, -0.2) is 60.3 Å². The summed E-state index contributed by atoms with van der Waals surface area (Å²) < 4.78 is 0. The van der Waals surface area contributed by atoms with Crippen molar-refractivity contribution >= 4 is 17.6 Å². The molecule has 1 fully saturated rings. The number of carbonyl (C=O) groups excluding carboxylic acids is 2. The number of amides is 3. The van der Waals surface area contributed by atoms with Crippen LogP contribution in [0.2, 0.25) is 0 Å². The van der Waals surface area contributed by atoms with Gasteiger partial charge in [-0.2, -0.15) is 0 Å². The van der Waals surface area contributed by atoms with Crippen LogP contribution in [0, 0.1) is 11.8 Å². The molecule has 0 aromatic heterocycles. The van der Waals surface area contributed by atoms with Gasteiger partial charge in [-0.25, -0.2) is 10.3 Å². The molecule has 162 valence electrons. The lowest BCUT2D eigenvalue weighted by Crippen LogP contribution is -2.59. The fourth-order valence-corrected chi connectivity index (χ4v) is 3.32. The van der Waals surface area contributed by atoms with E-state index in [1.54, 1.807) is 11.8 Å². The summed E-state index contributed by atoms with van der Waals surface area (Å²) in [6.07, 6.45) is 0. The average molecular weight is 422 g/mol. The number of hydrogen-bond donors (Lipinski definition) is 4. The van der Waals surface area contributed by atoms with E-state index in [0.29, 0.717) is 26.2 Å². The van der Waals surface area contributed by atoms with E-state index in [4.69, 9.17) is 10.9 Å². The lowest BCUT2D eigenvalue weighted by Gasteiger charge is -2.36. The molecule has 0 spiro atoms. The third-order valence-electron chi connectivity index (χ3n) is 5.12. The minimum Gasteiger partial charge on any atom is -0.368 e. The predicted molar refractivity (Wildman–Crippen MR) is 119 cm³/mol. The summed E-state index contributed by atoms with van der Waals surface area (Å²) in [6, 6.07) is 15.9. The predicted octanol–water partition coefficient (Wildman–Crippen LogP) is 1.14. The lowest BCUT2D eigenvalue weighted by atomic mass is 10.1. The second kappa shape index (κ2) is 10.5. The Labute approximate surface area is 182 Å². The first-order valence-corrected chi connectivity index (χ1v) is 10.1. The summed E-state index contributed by atoms with van der Waals surface area (Å²) >= 11 is 0. The van der Waals surface area contributed by atoms with E-state index in [2.05, 4.69) is 22.1 Å². The Morgan fingerprint density at radius 2 is 1.55 bits per heavy atom. The van der Waals surface area contributed by atoms with Gasteiger partial charge in [0.1, 0.15) is 6.04 Å². The number of nitrogens with two attached hydrogens (primary N) is 1. The molecule has 8 nitrogen and oxygen atoms in total. The number of rotatable bonds is 4. The Hall–Kier alpha value is -3.54. The van der Waals surface area contributed by atoms with Gasteiger partial charge in [0, 0.05) is 49.0 Å². The zero-order valence-corrected chi connectivity index (χ0v) is 17.4. The van der Waals surface area contributed by atoms with Crippen molar-refractivity contribution < 1.29 is 14.8 Å². The van der Waals surface area contributed by atoms with Gasteiger partial charge in [0.05, 0.1) is 0 Å². The molecule has 0 bridgehead atoms. The van der Waals surface area contributed by atoms with Crippen LogP contribution in [0.4, 0.5) is 10.5 Å². The number of hydrogen-bond acceptors (Lipinski definition) is 5. The molecule has 1 aliphatic rings. The Morgan fingerprint density at radius 1 is 0.968 bits per heavy atom. The van der Waals surface area contributed by atoms with E-state index in [-0.39, 0.29) is 6.03 Å². The highest BCUT2D eigenvalue weighted by Crippen LogP contribution is 2.17. The van der Waals surface area contributed by atoms with Gasteiger partial charge in [0.2, 0.25) is 0 Å². The molecule has 0 aliphatic carbocycles. The fourth-order valence-electron chi connectivity index (χ4n) is 3.32. The van der Waals surface area contributed by atoms with Crippen LogP contribution in [0.1, 0.15) is 18.1 Å². The number of nitrogens with one attached hydrogen (secondary N) is 2. The number of hydroxylamine groups is 1. The van der Waals surface area contributed by atoms with Crippen molar-refractivity contribution in [3.05, 3.63) is 65.7 Å². The van der Waals surface area contributed by atoms with E-state index in [1.165, 1.54) is 5.48 Å². The largest absolute Gasteiger partial charge is 0.368 e. The van der Waals surface area contributed by atoms with Gasteiger partial charge in [-0.1, -0.05) is 30.0 Å². The maximum atomic E-state index is 12.5. The SMILES string of the molecule is C[C@@H](N)[C@H](NC(=O)N1CCN(c2ccc(C#Cc3ccccc3)cc2)CC1)C(=O)NO. The summed E-state index contributed by atoms with van der Waals surface area (Å²) in [5.41, 5.74) is 10.3. The maximum absolute atomic E-state index is 12.5. The number of carbonyl (C=O) groups is 2. The van der Waals surface area contributed by atoms with Gasteiger partial charge in [-0.05, 0) is 43.3 Å². The standard InChI is InChI=1S/C23H27N5O3/c1-17(24)21(22(29)26-31)25-23(30)28-15-13-27(14-16-28)20-11-9-19(10-12-20)8-7-18-5-3-2-4-6-18/h2-6,9-12,17,21,31H,13-16,24H2,1H3,(H,25,30)(H,26,29)/t17-,21+/m1/s1. The van der Waals surface area contributed by atoms with E-state index < -0.39 is 18.0 Å². The summed E-state index contributed by atoms with van der Waals surface area (Å²) in [5.74, 6) is 5.57. The molecule has 0 radical (unpaired) electrons. The van der Waals surface area contributed by atoms with Crippen molar-refractivity contribution in [1.82, 2.24) is 15.7 Å². The Balaban J connectivity index is 1.54. The summed E-state index contributed by atoms with van der Waals surface area (Å²) in [7, 11) is 0. The monoisotopic (exact) mass is 421 g/mol. The number of benzene rings is 2. The summed E-state index contributed by atoms with van der Waals surface area (Å²) in [5, 5.41) is 11.4. The normalized spacial score (nSPS) is 15.3. The minimum absolute atomic E-state index is 0.378. The Morgan fingerprint density at radius 3 is 2.10 bits per heavy atom. The van der Waals surface area contributed by atoms with Gasteiger partial charge in [0.25, 0.3) is 5.91 Å². The zero-order chi connectivity index (χ0) is 22.2. The molecule has 2 aromatic rings. The van der Waals surface area contributed by atoms with Crippen LogP contribution in [0.3, 0.4) is 0 Å². The average Bonchev–Trinajstić information content (AvgIpc) is 2.81. The maximum Gasteiger partial charge on any atom is 0.318 e. The smallest absolute Gasteiger partial charge is 0.318 e. The molecular weight excluding hydrogens is 394 g/mol. The molecular formula is C23H27N5O3. The molecule has 1 saturated heterocycles. The van der Waals surface area contributed by atoms with Crippen molar-refractivity contribution in [1.29, 1.82) is 0 Å². The Kier molecular flexibility index (Phi) is 7.49. The number of urea groups is 1. The summed E-state index contributed by atoms with van der Waals surface area (Å²) in [4.78, 5) is 28.0. The van der Waals surface area contributed by atoms with Gasteiger partial charge in [-0.3, -0.25) is 10.0 Å². The van der Waals surface area contributed by atoms with E-state index in [0.717, 1.165) is 16.8 Å². The van der Waals surface area contributed by atoms with Crippen molar-refractivity contribution in [2.24, 2.45) is 5.73 Å². The third kappa shape index (κ3) is 5.98. The molecule has 0 saturated carbocycles. The lowest BCUT2D eigenvalue weighted by molar-refractivity contribution is -0.131. The van der Waals surface area contributed by atoms with E-state index >= 15 is 0 Å². The summed E-state index contributed by atoms with van der Waals surface area (Å²) in [6.45, 7) is 3.93. The van der Waals surface area contributed by atoms with Gasteiger partial charge in [0.15, 0.2) is 0 Å². The second-order valence-electron chi connectivity index (χ2n) is 7.40. The highest BCUT2D eigenvalue weighted by atomic mass is 16.5. The molecule has 2 aromatic carbocycles. The topological polar surface area (TPSA) is 111 Å². The van der Waals surface area contributed by atoms with Crippen LogP contribution >= 0.6 is 0 Å². The van der Waals surface area contributed by atoms with Crippen LogP contribution in [0.5, 0.6) is 0 Å². The van der Waals surface area contributed by atoms with Crippen LogP contribution in [-0.2, 0) is 4.79 Å². The van der Waals surface area contributed by atoms with Crippen molar-refractivity contribution in [2.45, 2.75) is 19.0 Å². The first-order chi connectivity index (χ1) is 15.0. The van der Waals surface area contributed by atoms with Crippen LogP contribution < -0.4 is 21.4 Å². The second-order valence-corrected chi connectivity index (χ2v) is 7.40. The molecule has 2 atom stereocenters. The van der Waals surface area contributed by atoms with Gasteiger partial charge in [-0.15, -0.1) is 0 Å². The Bertz CT molecular complexity index is 943. The zero-order valence-electron chi connectivity index (χ0n) is 17.4. The van der Waals surface area contributed by atoms with Gasteiger partial charge < -0.3 is 20.9 Å². The van der Waals surface area contributed by atoms with E-state index in [1.807, 2.05) is 54.6 Å². The molecule has 1 aliphatic heterocycles. The number of piperazine rings is 1. The molecule has 0 unspecified atom stereocenters. The first kappa shape index (κ1) is 22.2. The highest BCUT2D eigenvalue weighted by molar-refractivity contribution is 5.87. The fraction of sp³-hybridized carbons (Fsp3) is 0.304. The number of nitrogens with zero attached hydrogens (tertiary/aromatic N) is 2. The van der Waals surface area contributed by atoms with Crippen LogP contribution in [0.25, 0.3) is 0 Å².